The molecule has 0 aromatic heterocycles. The maximum atomic E-state index is 12.5. The lowest BCUT2D eigenvalue weighted by Gasteiger charge is -2.18. The highest BCUT2D eigenvalue weighted by atomic mass is 16.7. The van der Waals surface area contributed by atoms with Crippen molar-refractivity contribution in [2.75, 3.05) is 13.2 Å². The number of hydrogen-bond acceptors (Lipinski definition) is 10. The predicted octanol–water partition coefficient (Wildman–Crippen LogP) is 5.37. The quantitative estimate of drug-likeness (QED) is 0.194. The van der Waals surface area contributed by atoms with Gasteiger partial charge in [-0.05, 0) is 68.1 Å². The molecule has 0 heterocycles. The molecule has 0 amide bonds. The van der Waals surface area contributed by atoms with Crippen LogP contribution in [0.15, 0.2) is 18.2 Å². The van der Waals surface area contributed by atoms with Crippen LogP contribution in [0.1, 0.15) is 86.1 Å². The summed E-state index contributed by atoms with van der Waals surface area (Å²) in [5.74, 6) is -0.319. The first-order chi connectivity index (χ1) is 18.8. The van der Waals surface area contributed by atoms with E-state index >= 15 is 0 Å². The minimum absolute atomic E-state index is 0.0712. The van der Waals surface area contributed by atoms with Crippen molar-refractivity contribution in [3.63, 3.8) is 0 Å². The number of benzene rings is 1. The van der Waals surface area contributed by atoms with E-state index < -0.39 is 36.2 Å². The zero-order chi connectivity index (χ0) is 30.2. The highest BCUT2D eigenvalue weighted by Gasteiger charge is 2.22. The van der Waals surface area contributed by atoms with Crippen molar-refractivity contribution in [2.45, 2.75) is 99.1 Å². The smallest absolute Gasteiger partial charge is 0.458 e. The van der Waals surface area contributed by atoms with Crippen LogP contribution in [0.3, 0.4) is 0 Å². The first-order valence-corrected chi connectivity index (χ1v) is 14.1. The minimum Gasteiger partial charge on any atom is -0.458 e. The molecule has 40 heavy (non-hydrogen) atoms. The number of esters is 3. The van der Waals surface area contributed by atoms with Gasteiger partial charge in [0.15, 0.2) is 11.5 Å². The maximum Gasteiger partial charge on any atom is 0.508 e. The van der Waals surface area contributed by atoms with Crippen molar-refractivity contribution in [2.24, 2.45) is 23.5 Å². The van der Waals surface area contributed by atoms with Crippen LogP contribution in [-0.2, 0) is 35.0 Å². The van der Waals surface area contributed by atoms with E-state index in [0.717, 1.165) is 6.42 Å². The average molecular weight is 566 g/mol. The third kappa shape index (κ3) is 15.5. The van der Waals surface area contributed by atoms with Gasteiger partial charge in [0.05, 0.1) is 6.61 Å². The van der Waals surface area contributed by atoms with Gasteiger partial charge in [0.2, 0.25) is 0 Å². The lowest BCUT2D eigenvalue weighted by Crippen LogP contribution is -2.37. The Balaban J connectivity index is 2.79. The molecular weight excluding hydrogens is 518 g/mol. The van der Waals surface area contributed by atoms with Gasteiger partial charge in [0.1, 0.15) is 18.8 Å². The number of hydrogen-bond donors (Lipinski definition) is 1. The normalized spacial score (nSPS) is 12.7. The van der Waals surface area contributed by atoms with Gasteiger partial charge >= 0.3 is 24.1 Å². The predicted molar refractivity (Wildman–Crippen MR) is 150 cm³/mol. The molecule has 0 saturated carbocycles. The van der Waals surface area contributed by atoms with Crippen molar-refractivity contribution < 1.29 is 42.9 Å². The third-order valence-corrected chi connectivity index (χ3v) is 5.73. The standard InChI is InChI=1S/C30H47NO9/c1-19(2)8-12-27(32)39-25-11-10-23(17-26(25)40-28(33)13-9-20(3)4)16-24(31)29(34)38-22(7)18-37-30(35)36-15-14-21(5)6/h10-11,17,19-22,24H,8-9,12-16,18,31H2,1-7H3/t22-,24-/m0/s1. The summed E-state index contributed by atoms with van der Waals surface area (Å²) >= 11 is 0. The molecule has 1 rings (SSSR count). The average Bonchev–Trinajstić information content (AvgIpc) is 2.86. The Morgan fingerprint density at radius 1 is 0.750 bits per heavy atom. The fourth-order valence-corrected chi connectivity index (χ4v) is 3.27. The summed E-state index contributed by atoms with van der Waals surface area (Å²) in [5.41, 5.74) is 6.65. The molecule has 1 aromatic rings. The van der Waals surface area contributed by atoms with E-state index in [-0.39, 0.29) is 44.0 Å². The molecule has 0 saturated heterocycles. The summed E-state index contributed by atoms with van der Waals surface area (Å²) < 4.78 is 26.2. The molecule has 0 bridgehead atoms. The Labute approximate surface area is 238 Å². The van der Waals surface area contributed by atoms with Gasteiger partial charge in [0.25, 0.3) is 0 Å². The second-order valence-corrected chi connectivity index (χ2v) is 11.2. The van der Waals surface area contributed by atoms with Gasteiger partial charge in [0, 0.05) is 12.8 Å². The van der Waals surface area contributed by atoms with E-state index in [1.165, 1.54) is 12.1 Å². The number of rotatable bonds is 17. The van der Waals surface area contributed by atoms with Crippen LogP contribution < -0.4 is 15.2 Å². The molecule has 0 unspecified atom stereocenters. The molecular formula is C30H47NO9. The summed E-state index contributed by atoms with van der Waals surface area (Å²) in [6.07, 6.45) is 0.982. The molecule has 2 N–H and O–H groups in total. The van der Waals surface area contributed by atoms with Gasteiger partial charge in [-0.3, -0.25) is 14.4 Å². The van der Waals surface area contributed by atoms with Gasteiger partial charge in [-0.2, -0.15) is 0 Å². The Morgan fingerprint density at radius 2 is 1.30 bits per heavy atom. The van der Waals surface area contributed by atoms with Crippen molar-refractivity contribution in [3.05, 3.63) is 23.8 Å². The van der Waals surface area contributed by atoms with Crippen molar-refractivity contribution >= 4 is 24.1 Å². The molecule has 0 aliphatic carbocycles. The SMILES string of the molecule is CC(C)CCOC(=O)OC[C@H](C)OC(=O)[C@@H](N)Cc1ccc(OC(=O)CCC(C)C)c(OC(=O)CCC(C)C)c1. The number of carbonyl (C=O) groups is 4. The van der Waals surface area contributed by atoms with E-state index in [1.807, 2.05) is 41.5 Å². The van der Waals surface area contributed by atoms with Crippen LogP contribution in [0.2, 0.25) is 0 Å². The number of ether oxygens (including phenoxy) is 5. The lowest BCUT2D eigenvalue weighted by atomic mass is 10.1. The van der Waals surface area contributed by atoms with Crippen LogP contribution in [0, 0.1) is 17.8 Å². The second kappa shape index (κ2) is 18.3. The molecule has 1 aromatic carbocycles. The van der Waals surface area contributed by atoms with Gasteiger partial charge in [-0.15, -0.1) is 0 Å². The van der Waals surface area contributed by atoms with E-state index in [0.29, 0.717) is 36.2 Å². The first-order valence-electron chi connectivity index (χ1n) is 14.1. The number of nitrogens with two attached hydrogens (primary N) is 1. The zero-order valence-electron chi connectivity index (χ0n) is 25.0. The molecule has 10 nitrogen and oxygen atoms in total. The molecule has 0 aliphatic heterocycles. The summed E-state index contributed by atoms with van der Waals surface area (Å²) in [4.78, 5) is 48.9. The third-order valence-electron chi connectivity index (χ3n) is 5.73. The summed E-state index contributed by atoms with van der Waals surface area (Å²) in [6, 6.07) is 3.66. The number of carbonyl (C=O) groups excluding carboxylic acids is 4. The Bertz CT molecular complexity index is 958. The van der Waals surface area contributed by atoms with E-state index in [1.54, 1.807) is 13.0 Å². The Kier molecular flexibility index (Phi) is 15.9. The lowest BCUT2D eigenvalue weighted by molar-refractivity contribution is -0.152. The topological polar surface area (TPSA) is 140 Å². The fourth-order valence-electron chi connectivity index (χ4n) is 3.27. The van der Waals surface area contributed by atoms with Crippen LogP contribution in [0.5, 0.6) is 11.5 Å². The van der Waals surface area contributed by atoms with Crippen molar-refractivity contribution in [1.82, 2.24) is 0 Å². The van der Waals surface area contributed by atoms with E-state index in [2.05, 4.69) is 0 Å². The Morgan fingerprint density at radius 3 is 1.85 bits per heavy atom. The van der Waals surface area contributed by atoms with Crippen molar-refractivity contribution in [1.29, 1.82) is 0 Å². The van der Waals surface area contributed by atoms with Crippen LogP contribution in [0.4, 0.5) is 4.79 Å². The molecule has 2 atom stereocenters. The van der Waals surface area contributed by atoms with Crippen molar-refractivity contribution in [3.8, 4) is 11.5 Å². The zero-order valence-corrected chi connectivity index (χ0v) is 25.0. The van der Waals surface area contributed by atoms with Gasteiger partial charge < -0.3 is 29.4 Å². The van der Waals surface area contributed by atoms with Gasteiger partial charge in [-0.1, -0.05) is 47.6 Å². The Hall–Kier alpha value is -3.14. The molecule has 0 radical (unpaired) electrons. The largest absolute Gasteiger partial charge is 0.508 e. The fraction of sp³-hybridized carbons (Fsp3) is 0.667. The molecule has 0 spiro atoms. The molecule has 0 aliphatic rings. The molecule has 226 valence electrons. The molecule has 10 heteroatoms. The maximum absolute atomic E-state index is 12.5. The second-order valence-electron chi connectivity index (χ2n) is 11.2. The van der Waals surface area contributed by atoms with Crippen LogP contribution in [-0.4, -0.2) is 49.4 Å². The summed E-state index contributed by atoms with van der Waals surface area (Å²) in [6.45, 7) is 13.7. The highest BCUT2D eigenvalue weighted by Crippen LogP contribution is 2.30. The highest BCUT2D eigenvalue weighted by molar-refractivity contribution is 5.77. The monoisotopic (exact) mass is 565 g/mol. The molecule has 0 fully saturated rings. The summed E-state index contributed by atoms with van der Waals surface area (Å²) in [7, 11) is 0. The van der Waals surface area contributed by atoms with Crippen LogP contribution >= 0.6 is 0 Å². The van der Waals surface area contributed by atoms with E-state index in [9.17, 15) is 19.2 Å². The van der Waals surface area contributed by atoms with Gasteiger partial charge in [-0.25, -0.2) is 4.79 Å². The minimum atomic E-state index is -1.04. The van der Waals surface area contributed by atoms with E-state index in [4.69, 9.17) is 29.4 Å². The first kappa shape index (κ1) is 34.9. The van der Waals surface area contributed by atoms with Crippen LogP contribution in [0.25, 0.3) is 0 Å². The summed E-state index contributed by atoms with van der Waals surface area (Å²) in [5, 5.41) is 0.